The molecule has 144 valence electrons. The predicted octanol–water partition coefficient (Wildman–Crippen LogP) is 1.72. The van der Waals surface area contributed by atoms with Gasteiger partial charge in [0, 0.05) is 11.3 Å². The Labute approximate surface area is 152 Å². The molecule has 2 aromatic rings. The predicted molar refractivity (Wildman–Crippen MR) is 90.2 cm³/mol. The largest absolute Gasteiger partial charge is 0.416 e. The normalized spacial score (nSPS) is 11.7. The number of amides is 2. The van der Waals surface area contributed by atoms with Crippen LogP contribution in [0.25, 0.3) is 0 Å². The number of primary amides is 1. The van der Waals surface area contributed by atoms with E-state index < -0.39 is 40.1 Å². The molecule has 0 aliphatic heterocycles. The number of nitrogens with one attached hydrogen (secondary N) is 2. The molecule has 0 fully saturated rings. The van der Waals surface area contributed by atoms with Crippen molar-refractivity contribution in [2.24, 2.45) is 5.73 Å². The molecule has 2 rings (SSSR count). The molecule has 2 aromatic carbocycles. The number of rotatable bonds is 6. The van der Waals surface area contributed by atoms with Crippen molar-refractivity contribution in [2.75, 3.05) is 11.3 Å². The molecular weight excluding hydrogens is 387 g/mol. The van der Waals surface area contributed by atoms with Crippen LogP contribution < -0.4 is 15.8 Å². The molecule has 0 bridgehead atoms. The summed E-state index contributed by atoms with van der Waals surface area (Å²) < 4.78 is 65.1. The van der Waals surface area contributed by atoms with E-state index in [0.717, 1.165) is 24.3 Å². The molecule has 4 N–H and O–H groups in total. The van der Waals surface area contributed by atoms with E-state index in [-0.39, 0.29) is 16.1 Å². The number of hydrogen-bond donors (Lipinski definition) is 3. The summed E-state index contributed by atoms with van der Waals surface area (Å²) in [6.45, 7) is -0.432. The van der Waals surface area contributed by atoms with Gasteiger partial charge in [-0.25, -0.2) is 8.42 Å². The fourth-order valence-electron chi connectivity index (χ4n) is 2.05. The molecule has 0 unspecified atom stereocenters. The van der Waals surface area contributed by atoms with Gasteiger partial charge in [-0.05, 0) is 36.4 Å². The lowest BCUT2D eigenvalue weighted by Crippen LogP contribution is -2.33. The number of alkyl halides is 3. The summed E-state index contributed by atoms with van der Waals surface area (Å²) in [7, 11) is -4.25. The van der Waals surface area contributed by atoms with Crippen LogP contribution in [0.15, 0.2) is 53.4 Å². The van der Waals surface area contributed by atoms with Gasteiger partial charge in [0.25, 0.3) is 15.9 Å². The zero-order valence-electron chi connectivity index (χ0n) is 13.6. The number of carbonyl (C=O) groups is 2. The Balaban J connectivity index is 2.26. The molecule has 2 amide bonds. The lowest BCUT2D eigenvalue weighted by molar-refractivity contribution is -0.137. The smallest absolute Gasteiger partial charge is 0.368 e. The van der Waals surface area contributed by atoms with Crippen LogP contribution in [0.1, 0.15) is 15.9 Å². The quantitative estimate of drug-likeness (QED) is 0.683. The van der Waals surface area contributed by atoms with Gasteiger partial charge in [0.15, 0.2) is 0 Å². The first-order valence-corrected chi connectivity index (χ1v) is 8.84. The summed E-state index contributed by atoms with van der Waals surface area (Å²) in [6.07, 6.45) is -4.63. The first-order chi connectivity index (χ1) is 12.5. The van der Waals surface area contributed by atoms with E-state index in [0.29, 0.717) is 6.07 Å². The molecular formula is C16H14F3N3O4S. The molecule has 27 heavy (non-hydrogen) atoms. The minimum Gasteiger partial charge on any atom is -0.368 e. The maximum absolute atomic E-state index is 12.7. The summed E-state index contributed by atoms with van der Waals surface area (Å²) in [5.74, 6) is -1.51. The molecule has 7 nitrogen and oxygen atoms in total. The summed E-state index contributed by atoms with van der Waals surface area (Å²) in [5.41, 5.74) is 3.54. The number of nitrogens with two attached hydrogens (primary N) is 1. The van der Waals surface area contributed by atoms with Gasteiger partial charge >= 0.3 is 6.18 Å². The average Bonchev–Trinajstić information content (AvgIpc) is 2.59. The van der Waals surface area contributed by atoms with E-state index in [4.69, 9.17) is 5.73 Å². The van der Waals surface area contributed by atoms with Crippen LogP contribution in [-0.4, -0.2) is 26.8 Å². The third-order valence-corrected chi connectivity index (χ3v) is 4.65. The highest BCUT2D eigenvalue weighted by molar-refractivity contribution is 7.92. The second-order valence-electron chi connectivity index (χ2n) is 5.36. The first kappa shape index (κ1) is 20.2. The minimum absolute atomic E-state index is 0.0665. The number of sulfonamides is 1. The Morgan fingerprint density at radius 1 is 1.04 bits per heavy atom. The molecule has 0 aliphatic rings. The lowest BCUT2D eigenvalue weighted by atomic mass is 10.2. The van der Waals surface area contributed by atoms with Crippen molar-refractivity contribution >= 4 is 27.5 Å². The number of benzene rings is 2. The molecule has 0 aliphatic carbocycles. The van der Waals surface area contributed by atoms with E-state index >= 15 is 0 Å². The lowest BCUT2D eigenvalue weighted by Gasteiger charge is -2.12. The number of hydrogen-bond acceptors (Lipinski definition) is 4. The van der Waals surface area contributed by atoms with Gasteiger partial charge in [0.2, 0.25) is 5.91 Å². The van der Waals surface area contributed by atoms with Gasteiger partial charge in [-0.1, -0.05) is 12.1 Å². The van der Waals surface area contributed by atoms with Gasteiger partial charge in [-0.3, -0.25) is 14.3 Å². The fraction of sp³-hybridized carbons (Fsp3) is 0.125. The maximum atomic E-state index is 12.7. The highest BCUT2D eigenvalue weighted by Gasteiger charge is 2.30. The molecule has 11 heteroatoms. The van der Waals surface area contributed by atoms with Crippen molar-refractivity contribution in [3.63, 3.8) is 0 Å². The van der Waals surface area contributed by atoms with Crippen LogP contribution in [0, 0.1) is 0 Å². The summed E-state index contributed by atoms with van der Waals surface area (Å²) in [6, 6.07) is 8.46. The van der Waals surface area contributed by atoms with Gasteiger partial charge in [0.05, 0.1) is 17.0 Å². The Morgan fingerprint density at radius 2 is 1.70 bits per heavy atom. The number of anilines is 1. The second kappa shape index (κ2) is 7.66. The SMILES string of the molecule is NC(=O)CNC(=O)c1cccc(S(=O)(=O)Nc2cccc(C(F)(F)F)c2)c1. The second-order valence-corrected chi connectivity index (χ2v) is 7.04. The maximum Gasteiger partial charge on any atom is 0.416 e. The van der Waals surface area contributed by atoms with Crippen molar-refractivity contribution in [3.8, 4) is 0 Å². The van der Waals surface area contributed by atoms with Gasteiger partial charge < -0.3 is 11.1 Å². The van der Waals surface area contributed by atoms with Crippen molar-refractivity contribution in [1.82, 2.24) is 5.32 Å². The highest BCUT2D eigenvalue weighted by Crippen LogP contribution is 2.31. The van der Waals surface area contributed by atoms with Crippen molar-refractivity contribution < 1.29 is 31.2 Å². The van der Waals surface area contributed by atoms with E-state index in [1.54, 1.807) is 0 Å². The average molecular weight is 401 g/mol. The number of carbonyl (C=O) groups excluding carboxylic acids is 2. The Kier molecular flexibility index (Phi) is 5.74. The molecule has 0 radical (unpaired) electrons. The van der Waals surface area contributed by atoms with E-state index in [9.17, 15) is 31.2 Å². The van der Waals surface area contributed by atoms with Crippen LogP contribution in [0.5, 0.6) is 0 Å². The minimum atomic E-state index is -4.63. The molecule has 0 aromatic heterocycles. The zero-order chi connectivity index (χ0) is 20.2. The Bertz CT molecular complexity index is 975. The van der Waals surface area contributed by atoms with Gasteiger partial charge in [-0.15, -0.1) is 0 Å². The van der Waals surface area contributed by atoms with E-state index in [2.05, 4.69) is 5.32 Å². The topological polar surface area (TPSA) is 118 Å². The van der Waals surface area contributed by atoms with Gasteiger partial charge in [0.1, 0.15) is 0 Å². The van der Waals surface area contributed by atoms with Crippen LogP contribution >= 0.6 is 0 Å². The van der Waals surface area contributed by atoms with Crippen molar-refractivity contribution in [1.29, 1.82) is 0 Å². The standard InChI is InChI=1S/C16H14F3N3O4S/c17-16(18,19)11-4-2-5-12(8-11)22-27(25,26)13-6-1-3-10(7-13)15(24)21-9-14(20)23/h1-8,22H,9H2,(H2,20,23)(H,21,24). The zero-order valence-corrected chi connectivity index (χ0v) is 14.4. The van der Waals surface area contributed by atoms with E-state index in [1.807, 2.05) is 4.72 Å². The van der Waals surface area contributed by atoms with Gasteiger partial charge in [-0.2, -0.15) is 13.2 Å². The molecule has 0 spiro atoms. The van der Waals surface area contributed by atoms with Crippen LogP contribution in [0.2, 0.25) is 0 Å². The van der Waals surface area contributed by atoms with Crippen molar-refractivity contribution in [2.45, 2.75) is 11.1 Å². The third-order valence-electron chi connectivity index (χ3n) is 3.27. The van der Waals surface area contributed by atoms with Crippen LogP contribution in [0.3, 0.4) is 0 Å². The van der Waals surface area contributed by atoms with E-state index in [1.165, 1.54) is 18.2 Å². The van der Waals surface area contributed by atoms with Crippen LogP contribution in [-0.2, 0) is 21.0 Å². The highest BCUT2D eigenvalue weighted by atomic mass is 32.2. The summed E-state index contributed by atoms with van der Waals surface area (Å²) in [5, 5.41) is 2.20. The van der Waals surface area contributed by atoms with Crippen molar-refractivity contribution in [3.05, 3.63) is 59.7 Å². The molecule has 0 atom stereocenters. The molecule has 0 saturated carbocycles. The molecule has 0 saturated heterocycles. The Hall–Kier alpha value is -3.08. The van der Waals surface area contributed by atoms with Crippen LogP contribution in [0.4, 0.5) is 18.9 Å². The first-order valence-electron chi connectivity index (χ1n) is 7.36. The monoisotopic (exact) mass is 401 g/mol. The third kappa shape index (κ3) is 5.45. The molecule has 0 heterocycles. The number of halogens is 3. The summed E-state index contributed by atoms with van der Waals surface area (Å²) in [4.78, 5) is 22.2. The summed E-state index contributed by atoms with van der Waals surface area (Å²) >= 11 is 0. The Morgan fingerprint density at radius 3 is 2.33 bits per heavy atom. The fourth-order valence-corrected chi connectivity index (χ4v) is 3.14.